The molecule has 1 aromatic carbocycles. The molecule has 1 aliphatic carbocycles. The molecule has 0 saturated heterocycles. The summed E-state index contributed by atoms with van der Waals surface area (Å²) in [7, 11) is 4.15. The maximum Gasteiger partial charge on any atom is 0.128 e. The number of hydrogen-bond donors (Lipinski definition) is 2. The zero-order chi connectivity index (χ0) is 14.8. The quantitative estimate of drug-likeness (QED) is 0.910. The minimum atomic E-state index is 0. The van der Waals surface area contributed by atoms with Crippen molar-refractivity contribution in [3.05, 3.63) is 30.3 Å². The number of nitrogens with zero attached hydrogens (tertiary/aromatic N) is 2. The smallest absolute Gasteiger partial charge is 0.128 e. The van der Waals surface area contributed by atoms with Crippen molar-refractivity contribution in [2.75, 3.05) is 24.3 Å². The molecular formula is C17H25ClN4. The van der Waals surface area contributed by atoms with Crippen molar-refractivity contribution < 1.29 is 0 Å². The van der Waals surface area contributed by atoms with Crippen molar-refractivity contribution >= 4 is 34.8 Å². The second-order valence-corrected chi connectivity index (χ2v) is 6.19. The summed E-state index contributed by atoms with van der Waals surface area (Å²) in [6.07, 6.45) is 4.47. The summed E-state index contributed by atoms with van der Waals surface area (Å²) >= 11 is 0. The maximum atomic E-state index is 5.98. The first-order chi connectivity index (χ1) is 10.1. The number of aromatic nitrogens is 1. The monoisotopic (exact) mass is 320 g/mol. The van der Waals surface area contributed by atoms with Crippen LogP contribution in [-0.4, -0.2) is 31.2 Å². The average Bonchev–Trinajstić information content (AvgIpc) is 2.48. The van der Waals surface area contributed by atoms with Crippen LogP contribution in [-0.2, 0) is 0 Å². The first kappa shape index (κ1) is 16.8. The summed E-state index contributed by atoms with van der Waals surface area (Å²) in [5.41, 5.74) is 8.22. The molecule has 3 N–H and O–H groups in total. The fourth-order valence-corrected chi connectivity index (χ4v) is 3.07. The normalized spacial score (nSPS) is 21.2. The van der Waals surface area contributed by atoms with E-state index >= 15 is 0 Å². The lowest BCUT2D eigenvalue weighted by atomic mass is 9.92. The lowest BCUT2D eigenvalue weighted by Gasteiger charge is -2.27. The number of fused-ring (bicyclic) bond motifs is 1. The van der Waals surface area contributed by atoms with Gasteiger partial charge in [-0.15, -0.1) is 12.4 Å². The molecule has 1 aromatic heterocycles. The van der Waals surface area contributed by atoms with E-state index in [1.165, 1.54) is 11.1 Å². The Morgan fingerprint density at radius 1 is 1.14 bits per heavy atom. The summed E-state index contributed by atoms with van der Waals surface area (Å²) in [5.74, 6) is 0.970. The van der Waals surface area contributed by atoms with Crippen LogP contribution in [0.15, 0.2) is 30.3 Å². The third kappa shape index (κ3) is 3.62. The van der Waals surface area contributed by atoms with E-state index in [-0.39, 0.29) is 12.4 Å². The molecule has 3 rings (SSSR count). The summed E-state index contributed by atoms with van der Waals surface area (Å²) in [6.45, 7) is 0. The highest BCUT2D eigenvalue weighted by molar-refractivity contribution is 5.93. The predicted molar refractivity (Wildman–Crippen MR) is 97.2 cm³/mol. The molecule has 4 nitrogen and oxygen atoms in total. The molecule has 0 unspecified atom stereocenters. The van der Waals surface area contributed by atoms with Gasteiger partial charge in [0, 0.05) is 43.3 Å². The van der Waals surface area contributed by atoms with Gasteiger partial charge in [0.05, 0.1) is 5.52 Å². The van der Waals surface area contributed by atoms with E-state index in [0.717, 1.165) is 37.0 Å². The second-order valence-electron chi connectivity index (χ2n) is 6.19. The van der Waals surface area contributed by atoms with Gasteiger partial charge >= 0.3 is 0 Å². The van der Waals surface area contributed by atoms with Gasteiger partial charge in [-0.3, -0.25) is 0 Å². The van der Waals surface area contributed by atoms with E-state index in [4.69, 9.17) is 10.7 Å². The Morgan fingerprint density at radius 2 is 1.82 bits per heavy atom. The Morgan fingerprint density at radius 3 is 2.50 bits per heavy atom. The first-order valence-electron chi connectivity index (χ1n) is 7.72. The zero-order valence-electron chi connectivity index (χ0n) is 13.2. The molecule has 22 heavy (non-hydrogen) atoms. The van der Waals surface area contributed by atoms with Gasteiger partial charge in [-0.25, -0.2) is 4.98 Å². The highest BCUT2D eigenvalue weighted by atomic mass is 35.5. The minimum absolute atomic E-state index is 0. The molecular weight excluding hydrogens is 296 g/mol. The molecule has 0 radical (unpaired) electrons. The van der Waals surface area contributed by atoms with Crippen LogP contribution in [0.1, 0.15) is 25.7 Å². The van der Waals surface area contributed by atoms with E-state index in [9.17, 15) is 0 Å². The third-order valence-electron chi connectivity index (χ3n) is 4.30. The third-order valence-corrected chi connectivity index (χ3v) is 4.30. The fraction of sp³-hybridized carbons (Fsp3) is 0.471. The van der Waals surface area contributed by atoms with Crippen LogP contribution in [0.2, 0.25) is 0 Å². The number of nitrogens with one attached hydrogen (secondary N) is 1. The molecule has 1 saturated carbocycles. The summed E-state index contributed by atoms with van der Waals surface area (Å²) < 4.78 is 0. The SMILES string of the molecule is CN(C)c1cc(NC2CCC(N)CC2)nc2ccccc12.Cl. The van der Waals surface area contributed by atoms with Gasteiger partial charge in [-0.05, 0) is 31.7 Å². The molecule has 5 heteroatoms. The predicted octanol–water partition coefficient (Wildman–Crippen LogP) is 3.40. The molecule has 1 heterocycles. The lowest BCUT2D eigenvalue weighted by Crippen LogP contribution is -2.33. The van der Waals surface area contributed by atoms with Crippen LogP contribution in [0.3, 0.4) is 0 Å². The van der Waals surface area contributed by atoms with Crippen molar-refractivity contribution in [1.29, 1.82) is 0 Å². The van der Waals surface area contributed by atoms with Gasteiger partial charge in [0.25, 0.3) is 0 Å². The van der Waals surface area contributed by atoms with E-state index in [0.29, 0.717) is 12.1 Å². The minimum Gasteiger partial charge on any atom is -0.377 e. The van der Waals surface area contributed by atoms with Crippen LogP contribution in [0.4, 0.5) is 11.5 Å². The van der Waals surface area contributed by atoms with Crippen molar-refractivity contribution in [3.8, 4) is 0 Å². The molecule has 0 aliphatic heterocycles. The summed E-state index contributed by atoms with van der Waals surface area (Å²) in [4.78, 5) is 6.91. The Kier molecular flexibility index (Phi) is 5.48. The second kappa shape index (κ2) is 7.16. The largest absolute Gasteiger partial charge is 0.377 e. The number of benzene rings is 1. The first-order valence-corrected chi connectivity index (χ1v) is 7.72. The number of rotatable bonds is 3. The van der Waals surface area contributed by atoms with E-state index < -0.39 is 0 Å². The Labute approximate surface area is 138 Å². The number of pyridine rings is 1. The maximum absolute atomic E-state index is 5.98. The number of nitrogens with two attached hydrogens (primary N) is 1. The zero-order valence-corrected chi connectivity index (χ0v) is 14.1. The molecule has 1 fully saturated rings. The highest BCUT2D eigenvalue weighted by Crippen LogP contribution is 2.28. The summed E-state index contributed by atoms with van der Waals surface area (Å²) in [6, 6.07) is 11.3. The molecule has 2 aromatic rings. The number of halogens is 1. The molecule has 1 aliphatic rings. The topological polar surface area (TPSA) is 54.2 Å². The molecule has 0 amide bonds. The van der Waals surface area contributed by atoms with Crippen LogP contribution in [0.5, 0.6) is 0 Å². The average molecular weight is 321 g/mol. The number of anilines is 2. The van der Waals surface area contributed by atoms with Crippen LogP contribution < -0.4 is 16.0 Å². The van der Waals surface area contributed by atoms with E-state index in [1.54, 1.807) is 0 Å². The van der Waals surface area contributed by atoms with E-state index in [1.807, 2.05) is 6.07 Å². The van der Waals surface area contributed by atoms with Gasteiger partial charge in [-0.2, -0.15) is 0 Å². The fourth-order valence-electron chi connectivity index (χ4n) is 3.07. The van der Waals surface area contributed by atoms with Gasteiger partial charge in [-0.1, -0.05) is 18.2 Å². The van der Waals surface area contributed by atoms with Gasteiger partial charge in [0.1, 0.15) is 5.82 Å². The van der Waals surface area contributed by atoms with E-state index in [2.05, 4.69) is 48.6 Å². The molecule has 0 bridgehead atoms. The van der Waals surface area contributed by atoms with Gasteiger partial charge in [0.15, 0.2) is 0 Å². The Hall–Kier alpha value is -1.52. The van der Waals surface area contributed by atoms with Crippen molar-refractivity contribution in [3.63, 3.8) is 0 Å². The molecule has 0 atom stereocenters. The van der Waals surface area contributed by atoms with Gasteiger partial charge < -0.3 is 16.0 Å². The van der Waals surface area contributed by atoms with Crippen LogP contribution in [0, 0.1) is 0 Å². The van der Waals surface area contributed by atoms with Crippen molar-refractivity contribution in [2.24, 2.45) is 5.73 Å². The van der Waals surface area contributed by atoms with Crippen molar-refractivity contribution in [2.45, 2.75) is 37.8 Å². The van der Waals surface area contributed by atoms with Gasteiger partial charge in [0.2, 0.25) is 0 Å². The molecule has 0 spiro atoms. The number of para-hydroxylation sites is 1. The lowest BCUT2D eigenvalue weighted by molar-refractivity contribution is 0.410. The standard InChI is InChI=1S/C17H24N4.ClH/c1-21(2)16-11-17(19-13-9-7-12(18)8-10-13)20-15-6-4-3-5-14(15)16;/h3-6,11-13H,7-10,18H2,1-2H3,(H,19,20);1H. The summed E-state index contributed by atoms with van der Waals surface area (Å²) in [5, 5.41) is 4.79. The molecule has 120 valence electrons. The van der Waals surface area contributed by atoms with Crippen LogP contribution in [0.25, 0.3) is 10.9 Å². The van der Waals surface area contributed by atoms with Crippen molar-refractivity contribution in [1.82, 2.24) is 4.98 Å². The van der Waals surface area contributed by atoms with Crippen LogP contribution >= 0.6 is 12.4 Å². The Balaban J connectivity index is 0.00000176. The number of hydrogen-bond acceptors (Lipinski definition) is 4. The highest BCUT2D eigenvalue weighted by Gasteiger charge is 2.19. The Bertz CT molecular complexity index is 621.